The quantitative estimate of drug-likeness (QED) is 0.242. The van der Waals surface area contributed by atoms with Crippen LogP contribution in [0, 0.1) is 12.8 Å². The highest BCUT2D eigenvalue weighted by molar-refractivity contribution is 7.99. The van der Waals surface area contributed by atoms with Gasteiger partial charge >= 0.3 is 0 Å². The third-order valence-electron chi connectivity index (χ3n) is 5.65. The van der Waals surface area contributed by atoms with Gasteiger partial charge in [-0.1, -0.05) is 42.5 Å². The van der Waals surface area contributed by atoms with Crippen molar-refractivity contribution in [3.05, 3.63) is 68.8 Å². The van der Waals surface area contributed by atoms with Crippen molar-refractivity contribution in [1.29, 1.82) is 0 Å². The van der Waals surface area contributed by atoms with Crippen molar-refractivity contribution in [2.45, 2.75) is 44.8 Å². The van der Waals surface area contributed by atoms with Crippen LogP contribution >= 0.6 is 23.1 Å². The lowest BCUT2D eigenvalue weighted by Crippen LogP contribution is -2.42. The zero-order valence-electron chi connectivity index (χ0n) is 18.6. The Balaban J connectivity index is 1.48. The summed E-state index contributed by atoms with van der Waals surface area (Å²) in [5.41, 5.74) is 7.39. The lowest BCUT2D eigenvalue weighted by Gasteiger charge is -2.17. The third kappa shape index (κ3) is 5.04. The lowest BCUT2D eigenvalue weighted by atomic mass is 9.89. The number of fused-ring (bicyclic) bond motifs is 3. The molecule has 3 aromatic rings. The summed E-state index contributed by atoms with van der Waals surface area (Å²) in [5.74, 6) is -0.173. The van der Waals surface area contributed by atoms with Crippen molar-refractivity contribution >= 4 is 45.1 Å². The molecule has 0 fully saturated rings. The maximum Gasteiger partial charge on any atom is 0.269 e. The molecule has 33 heavy (non-hydrogen) atoms. The van der Waals surface area contributed by atoms with Crippen LogP contribution in [0.4, 0.5) is 0 Å². The van der Waals surface area contributed by atoms with Crippen LogP contribution in [0.1, 0.15) is 39.7 Å². The summed E-state index contributed by atoms with van der Waals surface area (Å²) < 4.78 is 1.57. The first-order chi connectivity index (χ1) is 15.9. The highest BCUT2D eigenvalue weighted by Gasteiger charge is 2.24. The average Bonchev–Trinajstić information content (AvgIpc) is 3.16. The number of hydrogen-bond acceptors (Lipinski definition) is 6. The molecule has 0 aliphatic heterocycles. The number of carbonyl (C=O) groups excluding carboxylic acids is 2. The Hall–Kier alpha value is -2.91. The average molecular weight is 483 g/mol. The van der Waals surface area contributed by atoms with E-state index in [0.717, 1.165) is 35.2 Å². The summed E-state index contributed by atoms with van der Waals surface area (Å²) in [6.07, 6.45) is 4.60. The molecule has 2 aromatic heterocycles. The predicted octanol–water partition coefficient (Wildman–Crippen LogP) is 3.63. The maximum absolute atomic E-state index is 13.3. The Morgan fingerprint density at radius 3 is 2.79 bits per heavy atom. The van der Waals surface area contributed by atoms with Gasteiger partial charge in [0.25, 0.3) is 11.5 Å². The fraction of sp³-hybridized carbons (Fsp3) is 0.333. The van der Waals surface area contributed by atoms with Crippen molar-refractivity contribution < 1.29 is 9.59 Å². The van der Waals surface area contributed by atoms with E-state index in [9.17, 15) is 14.4 Å². The number of amides is 2. The molecule has 2 N–H and O–H groups in total. The van der Waals surface area contributed by atoms with Crippen LogP contribution < -0.4 is 16.4 Å². The van der Waals surface area contributed by atoms with Gasteiger partial charge in [-0.15, -0.1) is 17.9 Å². The van der Waals surface area contributed by atoms with Crippen LogP contribution in [0.3, 0.4) is 0 Å². The normalized spacial score (nSPS) is 15.2. The van der Waals surface area contributed by atoms with Gasteiger partial charge in [-0.2, -0.15) is 0 Å². The molecule has 9 heteroatoms. The molecule has 7 nitrogen and oxygen atoms in total. The first-order valence-corrected chi connectivity index (χ1v) is 12.6. The van der Waals surface area contributed by atoms with E-state index in [-0.39, 0.29) is 17.2 Å². The first-order valence-electron chi connectivity index (χ1n) is 10.8. The summed E-state index contributed by atoms with van der Waals surface area (Å²) in [4.78, 5) is 44.5. The van der Waals surface area contributed by atoms with Gasteiger partial charge in [0.2, 0.25) is 5.91 Å². The largest absolute Gasteiger partial charge is 0.283 e. The van der Waals surface area contributed by atoms with Gasteiger partial charge in [-0.05, 0) is 49.8 Å². The molecular weight excluding hydrogens is 456 g/mol. The van der Waals surface area contributed by atoms with Crippen LogP contribution in [-0.4, -0.2) is 27.1 Å². The van der Waals surface area contributed by atoms with Crippen LogP contribution in [0.25, 0.3) is 10.2 Å². The Kier molecular flexibility index (Phi) is 6.99. The van der Waals surface area contributed by atoms with Crippen molar-refractivity contribution in [3.63, 3.8) is 0 Å². The number of benzene rings is 1. The first kappa shape index (κ1) is 23.3. The van der Waals surface area contributed by atoms with Crippen molar-refractivity contribution in [1.82, 2.24) is 20.4 Å². The Morgan fingerprint density at radius 2 is 2.06 bits per heavy atom. The van der Waals surface area contributed by atoms with Gasteiger partial charge in [0.15, 0.2) is 5.16 Å². The summed E-state index contributed by atoms with van der Waals surface area (Å²) >= 11 is 2.75. The fourth-order valence-corrected chi connectivity index (χ4v) is 6.11. The molecule has 2 amide bonds. The van der Waals surface area contributed by atoms with E-state index in [1.54, 1.807) is 34.1 Å². The summed E-state index contributed by atoms with van der Waals surface area (Å²) in [6, 6.07) is 7.05. The smallest absolute Gasteiger partial charge is 0.269 e. The van der Waals surface area contributed by atoms with Crippen LogP contribution in [0.15, 0.2) is 46.9 Å². The number of hydrogen-bond donors (Lipinski definition) is 2. The number of carbonyl (C=O) groups is 2. The third-order valence-corrected chi connectivity index (χ3v) is 7.78. The highest BCUT2D eigenvalue weighted by atomic mass is 32.2. The van der Waals surface area contributed by atoms with E-state index in [1.165, 1.54) is 16.6 Å². The number of thiophene rings is 1. The van der Waals surface area contributed by atoms with Gasteiger partial charge in [0, 0.05) is 17.0 Å². The minimum Gasteiger partial charge on any atom is -0.283 e. The molecule has 0 bridgehead atoms. The van der Waals surface area contributed by atoms with E-state index in [4.69, 9.17) is 4.98 Å². The van der Waals surface area contributed by atoms with Crippen molar-refractivity contribution in [3.8, 4) is 0 Å². The number of nitrogens with one attached hydrogen (secondary N) is 2. The molecule has 0 saturated heterocycles. The minimum atomic E-state index is -0.394. The van der Waals surface area contributed by atoms with Crippen LogP contribution in [-0.2, 0) is 24.2 Å². The van der Waals surface area contributed by atoms with Crippen molar-refractivity contribution in [2.75, 3.05) is 5.75 Å². The monoisotopic (exact) mass is 482 g/mol. The Bertz CT molecular complexity index is 1280. The Labute approximate surface area is 200 Å². The van der Waals surface area contributed by atoms with E-state index in [1.807, 2.05) is 19.1 Å². The number of hydrazine groups is 1. The zero-order chi connectivity index (χ0) is 23.5. The number of nitrogens with zero attached hydrogens (tertiary/aromatic N) is 2. The molecule has 2 heterocycles. The summed E-state index contributed by atoms with van der Waals surface area (Å²) in [6.45, 7) is 8.24. The van der Waals surface area contributed by atoms with Crippen LogP contribution in [0.5, 0.6) is 0 Å². The second kappa shape index (κ2) is 9.93. The predicted molar refractivity (Wildman–Crippen MR) is 133 cm³/mol. The molecule has 0 radical (unpaired) electrons. The van der Waals surface area contributed by atoms with Gasteiger partial charge < -0.3 is 0 Å². The molecule has 1 aliphatic carbocycles. The number of thioether (sulfide) groups is 1. The standard InChI is InChI=1S/C24H26N4O3S2/c1-4-11-28-23(31)20-17-10-7-15(3)12-18(17)33-22(20)25-24(28)32-13-19(29)26-27-21(30)16-8-5-14(2)6-9-16/h4-6,8-9,15H,1,7,10-13H2,2-3H3,(H,26,29)(H,27,30). The second-order valence-corrected chi connectivity index (χ2v) is 10.3. The number of rotatable bonds is 6. The van der Waals surface area contributed by atoms with Crippen LogP contribution in [0.2, 0.25) is 0 Å². The summed E-state index contributed by atoms with van der Waals surface area (Å²) in [5, 5.41) is 1.18. The van der Waals surface area contributed by atoms with E-state index < -0.39 is 5.91 Å². The number of aromatic nitrogens is 2. The van der Waals surface area contributed by atoms with E-state index >= 15 is 0 Å². The lowest BCUT2D eigenvalue weighted by molar-refractivity contribution is -0.119. The molecule has 172 valence electrons. The van der Waals surface area contributed by atoms with Gasteiger partial charge in [0.1, 0.15) is 4.83 Å². The minimum absolute atomic E-state index is 0.00535. The highest BCUT2D eigenvalue weighted by Crippen LogP contribution is 2.36. The maximum atomic E-state index is 13.3. The number of allylic oxidation sites excluding steroid dienone is 1. The number of aryl methyl sites for hydroxylation is 2. The molecule has 4 rings (SSSR count). The molecule has 1 aliphatic rings. The fourth-order valence-electron chi connectivity index (χ4n) is 3.87. The van der Waals surface area contributed by atoms with E-state index in [0.29, 0.717) is 28.6 Å². The van der Waals surface area contributed by atoms with Gasteiger partial charge in [-0.25, -0.2) is 4.98 Å². The topological polar surface area (TPSA) is 93.1 Å². The molecule has 1 unspecified atom stereocenters. The Morgan fingerprint density at radius 1 is 1.30 bits per heavy atom. The SMILES string of the molecule is C=CCn1c(SCC(=O)NNC(=O)c2ccc(C)cc2)nc2sc3c(c2c1=O)CCC(C)C3. The molecular formula is C24H26N4O3S2. The molecule has 1 aromatic carbocycles. The summed E-state index contributed by atoms with van der Waals surface area (Å²) in [7, 11) is 0. The molecule has 1 atom stereocenters. The van der Waals surface area contributed by atoms with E-state index in [2.05, 4.69) is 24.4 Å². The zero-order valence-corrected chi connectivity index (χ0v) is 20.3. The van der Waals surface area contributed by atoms with Gasteiger partial charge in [0.05, 0.1) is 11.1 Å². The second-order valence-electron chi connectivity index (χ2n) is 8.29. The molecule has 0 saturated carbocycles. The molecule has 0 spiro atoms. The van der Waals surface area contributed by atoms with Crippen molar-refractivity contribution in [2.24, 2.45) is 5.92 Å². The van der Waals surface area contributed by atoms with Gasteiger partial charge in [-0.3, -0.25) is 29.8 Å².